The first-order valence-electron chi connectivity index (χ1n) is 5.26. The maximum Gasteiger partial charge on any atom is 0.347 e. The van der Waals surface area contributed by atoms with E-state index in [9.17, 15) is 4.79 Å². The molecule has 4 heteroatoms. The Balaban J connectivity index is 2.46. The van der Waals surface area contributed by atoms with Gasteiger partial charge in [-0.05, 0) is 26.0 Å². The molecule has 0 bridgehead atoms. The number of aromatic nitrogens is 1. The maximum absolute atomic E-state index is 11.0. The molecule has 1 aromatic carbocycles. The third-order valence-corrected chi connectivity index (χ3v) is 2.52. The van der Waals surface area contributed by atoms with Crippen molar-refractivity contribution < 1.29 is 14.6 Å². The molecule has 0 aliphatic carbocycles. The summed E-state index contributed by atoms with van der Waals surface area (Å²) in [6.07, 6.45) is 3.37. The lowest BCUT2D eigenvalue weighted by Crippen LogP contribution is -2.37. The lowest BCUT2D eigenvalue weighted by molar-refractivity contribution is -0.152. The smallest absolute Gasteiger partial charge is 0.347 e. The van der Waals surface area contributed by atoms with E-state index in [1.807, 2.05) is 18.2 Å². The number of rotatable bonds is 3. The molecule has 1 heterocycles. The third-order valence-electron chi connectivity index (χ3n) is 2.52. The number of hydrogen-bond donors (Lipinski definition) is 1. The zero-order valence-corrected chi connectivity index (χ0v) is 9.68. The second kappa shape index (κ2) is 4.05. The molecule has 88 valence electrons. The zero-order chi connectivity index (χ0) is 12.5. The van der Waals surface area contributed by atoms with Crippen molar-refractivity contribution >= 4 is 16.7 Å². The van der Waals surface area contributed by atoms with Crippen LogP contribution in [0.4, 0.5) is 0 Å². The predicted octanol–water partition coefficient (Wildman–Crippen LogP) is 2.48. The van der Waals surface area contributed by atoms with E-state index >= 15 is 0 Å². The SMILES string of the molecule is CC(C)(Oc1cccc2cnccc12)C(=O)O. The van der Waals surface area contributed by atoms with Crippen LogP contribution in [-0.4, -0.2) is 21.7 Å². The highest BCUT2D eigenvalue weighted by atomic mass is 16.5. The quantitative estimate of drug-likeness (QED) is 0.881. The minimum Gasteiger partial charge on any atom is -0.478 e. The molecule has 17 heavy (non-hydrogen) atoms. The van der Waals surface area contributed by atoms with Gasteiger partial charge in [-0.25, -0.2) is 4.79 Å². The number of benzene rings is 1. The van der Waals surface area contributed by atoms with Gasteiger partial charge in [0.2, 0.25) is 0 Å². The second-order valence-corrected chi connectivity index (χ2v) is 4.27. The normalized spacial score (nSPS) is 11.4. The van der Waals surface area contributed by atoms with Gasteiger partial charge >= 0.3 is 5.97 Å². The Hall–Kier alpha value is -2.10. The summed E-state index contributed by atoms with van der Waals surface area (Å²) in [5.74, 6) is -0.444. The maximum atomic E-state index is 11.0. The molecule has 0 amide bonds. The number of carboxylic acid groups (broad SMARTS) is 1. The van der Waals surface area contributed by atoms with Crippen molar-refractivity contribution in [2.45, 2.75) is 19.4 Å². The number of fused-ring (bicyclic) bond motifs is 1. The predicted molar refractivity (Wildman–Crippen MR) is 64.1 cm³/mol. The Kier molecular flexibility index (Phi) is 2.71. The summed E-state index contributed by atoms with van der Waals surface area (Å²) in [7, 11) is 0. The summed E-state index contributed by atoms with van der Waals surface area (Å²) in [5.41, 5.74) is -1.25. The summed E-state index contributed by atoms with van der Waals surface area (Å²) in [6.45, 7) is 3.05. The van der Waals surface area contributed by atoms with Crippen LogP contribution in [0.2, 0.25) is 0 Å². The molecular formula is C13H13NO3. The Morgan fingerprint density at radius 3 is 2.82 bits per heavy atom. The molecule has 0 radical (unpaired) electrons. The fourth-order valence-electron chi connectivity index (χ4n) is 1.50. The topological polar surface area (TPSA) is 59.4 Å². The van der Waals surface area contributed by atoms with E-state index in [2.05, 4.69) is 4.98 Å². The van der Waals surface area contributed by atoms with E-state index in [1.54, 1.807) is 18.5 Å². The minimum absolute atomic E-state index is 0.553. The molecule has 4 nitrogen and oxygen atoms in total. The van der Waals surface area contributed by atoms with Gasteiger partial charge in [0, 0.05) is 23.2 Å². The van der Waals surface area contributed by atoms with Crippen molar-refractivity contribution in [3.05, 3.63) is 36.7 Å². The monoisotopic (exact) mass is 231 g/mol. The Morgan fingerprint density at radius 2 is 2.12 bits per heavy atom. The van der Waals surface area contributed by atoms with E-state index in [4.69, 9.17) is 9.84 Å². The molecule has 2 aromatic rings. The summed E-state index contributed by atoms with van der Waals surface area (Å²) in [5, 5.41) is 10.8. The van der Waals surface area contributed by atoms with Crippen LogP contribution in [0.1, 0.15) is 13.8 Å². The lowest BCUT2D eigenvalue weighted by atomic mass is 10.1. The van der Waals surface area contributed by atoms with Crippen LogP contribution in [0.15, 0.2) is 36.7 Å². The Bertz CT molecular complexity index is 558. The van der Waals surface area contributed by atoms with Crippen molar-refractivity contribution in [3.8, 4) is 5.75 Å². The molecular weight excluding hydrogens is 218 g/mol. The fraction of sp³-hybridized carbons (Fsp3) is 0.231. The van der Waals surface area contributed by atoms with E-state index in [-0.39, 0.29) is 0 Å². The first-order chi connectivity index (χ1) is 8.00. The average Bonchev–Trinajstić information content (AvgIpc) is 2.29. The van der Waals surface area contributed by atoms with E-state index in [0.717, 1.165) is 10.8 Å². The average molecular weight is 231 g/mol. The molecule has 0 fully saturated rings. The summed E-state index contributed by atoms with van der Waals surface area (Å²) in [6, 6.07) is 7.29. The summed E-state index contributed by atoms with van der Waals surface area (Å²) < 4.78 is 5.55. The highest BCUT2D eigenvalue weighted by Crippen LogP contribution is 2.27. The van der Waals surface area contributed by atoms with Crippen molar-refractivity contribution in [3.63, 3.8) is 0 Å². The number of carbonyl (C=O) groups is 1. The first kappa shape index (κ1) is 11.4. The zero-order valence-electron chi connectivity index (χ0n) is 9.68. The van der Waals surface area contributed by atoms with Gasteiger partial charge in [-0.3, -0.25) is 4.98 Å². The van der Waals surface area contributed by atoms with Gasteiger partial charge in [-0.1, -0.05) is 12.1 Å². The minimum atomic E-state index is -1.25. The highest BCUT2D eigenvalue weighted by molar-refractivity contribution is 5.88. The molecule has 1 N–H and O–H groups in total. The van der Waals surface area contributed by atoms with Crippen molar-refractivity contribution in [1.29, 1.82) is 0 Å². The van der Waals surface area contributed by atoms with Gasteiger partial charge < -0.3 is 9.84 Å². The van der Waals surface area contributed by atoms with Gasteiger partial charge in [0.05, 0.1) is 0 Å². The Labute approximate surface area is 98.9 Å². The van der Waals surface area contributed by atoms with Gasteiger partial charge in [-0.15, -0.1) is 0 Å². The summed E-state index contributed by atoms with van der Waals surface area (Å²) in [4.78, 5) is 15.0. The van der Waals surface area contributed by atoms with Crippen molar-refractivity contribution in [2.75, 3.05) is 0 Å². The molecule has 0 aliphatic rings. The van der Waals surface area contributed by atoms with Crippen molar-refractivity contribution in [2.24, 2.45) is 0 Å². The molecule has 2 rings (SSSR count). The molecule has 0 spiro atoms. The largest absolute Gasteiger partial charge is 0.478 e. The third kappa shape index (κ3) is 2.20. The fourth-order valence-corrected chi connectivity index (χ4v) is 1.50. The van der Waals surface area contributed by atoms with E-state index in [0.29, 0.717) is 5.75 Å². The van der Waals surface area contributed by atoms with E-state index < -0.39 is 11.6 Å². The van der Waals surface area contributed by atoms with Crippen LogP contribution in [0.25, 0.3) is 10.8 Å². The molecule has 1 aromatic heterocycles. The molecule has 0 saturated heterocycles. The lowest BCUT2D eigenvalue weighted by Gasteiger charge is -2.22. The number of hydrogen-bond acceptors (Lipinski definition) is 3. The van der Waals surface area contributed by atoms with Crippen LogP contribution in [-0.2, 0) is 4.79 Å². The van der Waals surface area contributed by atoms with Crippen LogP contribution in [0, 0.1) is 0 Å². The van der Waals surface area contributed by atoms with Gasteiger partial charge in [0.25, 0.3) is 0 Å². The van der Waals surface area contributed by atoms with Crippen LogP contribution < -0.4 is 4.74 Å². The number of aliphatic carboxylic acids is 1. The highest BCUT2D eigenvalue weighted by Gasteiger charge is 2.29. The Morgan fingerprint density at radius 1 is 1.35 bits per heavy atom. The van der Waals surface area contributed by atoms with Crippen LogP contribution in [0.3, 0.4) is 0 Å². The summed E-state index contributed by atoms with van der Waals surface area (Å²) >= 11 is 0. The van der Waals surface area contributed by atoms with Gasteiger partial charge in [0.15, 0.2) is 5.60 Å². The molecule has 0 atom stereocenters. The second-order valence-electron chi connectivity index (χ2n) is 4.27. The standard InChI is InChI=1S/C13H13NO3/c1-13(2,12(15)16)17-11-5-3-4-9-8-14-7-6-10(9)11/h3-8H,1-2H3,(H,15,16). The first-order valence-corrected chi connectivity index (χ1v) is 5.26. The van der Waals surface area contributed by atoms with E-state index in [1.165, 1.54) is 13.8 Å². The molecule has 0 unspecified atom stereocenters. The van der Waals surface area contributed by atoms with Gasteiger partial charge in [0.1, 0.15) is 5.75 Å². The van der Waals surface area contributed by atoms with Crippen molar-refractivity contribution in [1.82, 2.24) is 4.98 Å². The van der Waals surface area contributed by atoms with Gasteiger partial charge in [-0.2, -0.15) is 0 Å². The van der Waals surface area contributed by atoms with Crippen LogP contribution >= 0.6 is 0 Å². The van der Waals surface area contributed by atoms with Crippen LogP contribution in [0.5, 0.6) is 5.75 Å². The molecule has 0 saturated carbocycles. The number of nitrogens with zero attached hydrogens (tertiary/aromatic N) is 1. The number of pyridine rings is 1. The number of carboxylic acids is 1. The number of ether oxygens (including phenoxy) is 1. The molecule has 0 aliphatic heterocycles.